The van der Waals surface area contributed by atoms with E-state index in [-0.39, 0.29) is 6.10 Å². The van der Waals surface area contributed by atoms with Gasteiger partial charge in [-0.05, 0) is 47.6 Å². The second-order valence-corrected chi connectivity index (χ2v) is 9.19. The number of nitrogens with zero attached hydrogens (tertiary/aromatic N) is 1. The van der Waals surface area contributed by atoms with Crippen molar-refractivity contribution in [3.05, 3.63) is 55.0 Å². The number of hydrogen-bond acceptors (Lipinski definition) is 6. The maximum Gasteiger partial charge on any atom is 0.152 e. The van der Waals surface area contributed by atoms with Crippen LogP contribution in [0.4, 0.5) is 11.5 Å². The van der Waals surface area contributed by atoms with Crippen molar-refractivity contribution in [1.82, 2.24) is 9.97 Å². The fourth-order valence-electron chi connectivity index (χ4n) is 3.04. The molecule has 1 aliphatic heterocycles. The molecule has 1 atom stereocenters. The molecule has 0 saturated carbocycles. The first-order chi connectivity index (χ1) is 14.2. The van der Waals surface area contributed by atoms with Crippen molar-refractivity contribution in [3.8, 4) is 5.75 Å². The minimum Gasteiger partial charge on any atom is -0.612 e. The maximum absolute atomic E-state index is 11.6. The summed E-state index contributed by atoms with van der Waals surface area (Å²) in [7, 11) is 0. The summed E-state index contributed by atoms with van der Waals surface area (Å²) in [4.78, 5) is 10.1. The van der Waals surface area contributed by atoms with Crippen LogP contribution in [0, 0.1) is 0 Å². The molecule has 2 heterocycles. The summed E-state index contributed by atoms with van der Waals surface area (Å²) >= 11 is 0.660. The highest BCUT2D eigenvalue weighted by atomic mass is 32.2. The van der Waals surface area contributed by atoms with E-state index in [9.17, 15) is 4.55 Å². The summed E-state index contributed by atoms with van der Waals surface area (Å²) in [6, 6.07) is 13.9. The van der Waals surface area contributed by atoms with E-state index < -0.39 is 11.2 Å². The van der Waals surface area contributed by atoms with Crippen molar-refractivity contribution in [2.45, 2.75) is 33.6 Å². The summed E-state index contributed by atoms with van der Waals surface area (Å²) in [6.07, 6.45) is 7.05. The van der Waals surface area contributed by atoms with E-state index in [1.165, 1.54) is 0 Å². The molecule has 0 bridgehead atoms. The summed E-state index contributed by atoms with van der Waals surface area (Å²) in [5.41, 5.74) is 0.917. The quantitative estimate of drug-likeness (QED) is 0.534. The van der Waals surface area contributed by atoms with Gasteiger partial charge in [0, 0.05) is 35.7 Å². The van der Waals surface area contributed by atoms with Gasteiger partial charge >= 0.3 is 0 Å². The number of anilines is 2. The van der Waals surface area contributed by atoms with Gasteiger partial charge in [-0.1, -0.05) is 11.8 Å². The van der Waals surface area contributed by atoms with Gasteiger partial charge in [0.15, 0.2) is 4.90 Å². The second kappa shape index (κ2) is 9.58. The van der Waals surface area contributed by atoms with E-state index in [1.54, 1.807) is 30.5 Å². The Morgan fingerprint density at radius 2 is 2.00 bits per heavy atom. The molecule has 1 aliphatic rings. The highest BCUT2D eigenvalue weighted by molar-refractivity contribution is 7.99. The Morgan fingerprint density at radius 3 is 2.69 bits per heavy atom. The van der Waals surface area contributed by atoms with Crippen LogP contribution in [0.25, 0.3) is 0 Å². The molecule has 2 N–H and O–H groups in total. The summed E-state index contributed by atoms with van der Waals surface area (Å²) < 4.78 is 23.4. The van der Waals surface area contributed by atoms with Crippen LogP contribution >= 0.6 is 11.8 Å². The van der Waals surface area contributed by atoms with Gasteiger partial charge in [-0.25, -0.2) is 4.98 Å². The van der Waals surface area contributed by atoms with Gasteiger partial charge in [0.05, 0.1) is 24.4 Å². The molecular formula is C21H23N3O3S2. The smallest absolute Gasteiger partial charge is 0.152 e. The Kier molecular flexibility index (Phi) is 6.66. The van der Waals surface area contributed by atoms with E-state index in [0.717, 1.165) is 58.0 Å². The molecule has 1 saturated heterocycles. The molecule has 1 unspecified atom stereocenters. The molecule has 1 fully saturated rings. The average molecular weight is 430 g/mol. The number of aromatic nitrogens is 2. The highest BCUT2D eigenvalue weighted by Gasteiger charge is 2.18. The molecule has 4 rings (SSSR count). The summed E-state index contributed by atoms with van der Waals surface area (Å²) in [5, 5.41) is 3.28. The van der Waals surface area contributed by atoms with Crippen LogP contribution < -0.4 is 10.1 Å². The zero-order valence-electron chi connectivity index (χ0n) is 16.1. The first-order valence-electron chi connectivity index (χ1n) is 9.43. The van der Waals surface area contributed by atoms with Crippen molar-refractivity contribution in [2.75, 3.05) is 24.8 Å². The first kappa shape index (κ1) is 20.2. The minimum absolute atomic E-state index is 0.147. The van der Waals surface area contributed by atoms with E-state index in [1.807, 2.05) is 36.4 Å². The summed E-state index contributed by atoms with van der Waals surface area (Å²) in [5.74, 6) is 1.59. The normalized spacial score (nSPS) is 15.8. The van der Waals surface area contributed by atoms with Gasteiger partial charge in [0.2, 0.25) is 0 Å². The van der Waals surface area contributed by atoms with Crippen LogP contribution in [0.3, 0.4) is 0 Å². The second-order valence-electron chi connectivity index (χ2n) is 6.70. The van der Waals surface area contributed by atoms with E-state index in [4.69, 9.17) is 9.47 Å². The van der Waals surface area contributed by atoms with Crippen LogP contribution in [0.1, 0.15) is 12.8 Å². The molecule has 6 nitrogen and oxygen atoms in total. The molecule has 0 radical (unpaired) electrons. The lowest BCUT2D eigenvalue weighted by Gasteiger charge is -2.25. The molecule has 3 aromatic rings. The lowest BCUT2D eigenvalue weighted by molar-refractivity contribution is 0.0245. The summed E-state index contributed by atoms with van der Waals surface area (Å²) in [6.45, 7) is 1.46. The third-order valence-electron chi connectivity index (χ3n) is 4.56. The standard InChI is InChI=1S/C21H23N3O3S2/c1-29(25)18-5-3-17(4-6-18)28-20-7-2-15(24-21-13-22-14-23-21)12-19(20)27-16-8-10-26-11-9-16/h2-7,12-14,16,24H,8-11H2,1H3,(H,22,23). The van der Waals surface area contributed by atoms with E-state index in [2.05, 4.69) is 21.4 Å². The van der Waals surface area contributed by atoms with Gasteiger partial charge in [0.25, 0.3) is 0 Å². The third kappa shape index (κ3) is 5.48. The Morgan fingerprint density at radius 1 is 1.21 bits per heavy atom. The fraction of sp³-hybridized carbons (Fsp3) is 0.286. The van der Waals surface area contributed by atoms with Crippen LogP contribution in [-0.2, 0) is 15.9 Å². The van der Waals surface area contributed by atoms with Gasteiger partial charge in [-0.15, -0.1) is 0 Å². The molecule has 0 spiro atoms. The molecule has 8 heteroatoms. The molecule has 152 valence electrons. The number of aromatic amines is 1. The van der Waals surface area contributed by atoms with Crippen molar-refractivity contribution in [1.29, 1.82) is 0 Å². The molecule has 0 amide bonds. The van der Waals surface area contributed by atoms with Crippen LogP contribution in [0.5, 0.6) is 5.75 Å². The molecule has 0 aliphatic carbocycles. The predicted octanol–water partition coefficient (Wildman–Crippen LogP) is 4.60. The molecule has 29 heavy (non-hydrogen) atoms. The fourth-order valence-corrected chi connectivity index (χ4v) is 4.43. The number of benzene rings is 2. The first-order valence-corrected chi connectivity index (χ1v) is 11.8. The topological polar surface area (TPSA) is 82.2 Å². The Labute approximate surface area is 177 Å². The number of imidazole rings is 1. The van der Waals surface area contributed by atoms with Gasteiger partial charge in [-0.2, -0.15) is 0 Å². The number of H-pyrrole nitrogens is 1. The largest absolute Gasteiger partial charge is 0.612 e. The number of hydrogen-bond donors (Lipinski definition) is 2. The SMILES string of the molecule is C[S+]([O-])c1ccc(Sc2ccc(Nc3c[nH]cn3)cc2OC2CCOCC2)cc1. The van der Waals surface area contributed by atoms with Gasteiger partial charge < -0.3 is 24.3 Å². The number of nitrogens with one attached hydrogen (secondary N) is 2. The molecule has 2 aromatic carbocycles. The van der Waals surface area contributed by atoms with Crippen LogP contribution in [-0.4, -0.2) is 40.1 Å². The van der Waals surface area contributed by atoms with Gasteiger partial charge in [0.1, 0.15) is 23.9 Å². The predicted molar refractivity (Wildman–Crippen MR) is 116 cm³/mol. The van der Waals surface area contributed by atoms with Crippen LogP contribution in [0.15, 0.2) is 69.7 Å². The highest BCUT2D eigenvalue weighted by Crippen LogP contribution is 2.38. The lowest BCUT2D eigenvalue weighted by atomic mass is 10.1. The van der Waals surface area contributed by atoms with E-state index >= 15 is 0 Å². The zero-order valence-corrected chi connectivity index (χ0v) is 17.7. The van der Waals surface area contributed by atoms with Crippen molar-refractivity contribution in [3.63, 3.8) is 0 Å². The van der Waals surface area contributed by atoms with E-state index in [0.29, 0.717) is 0 Å². The lowest BCUT2D eigenvalue weighted by Crippen LogP contribution is -2.26. The maximum atomic E-state index is 11.6. The number of ether oxygens (including phenoxy) is 2. The van der Waals surface area contributed by atoms with Crippen molar-refractivity contribution >= 4 is 34.4 Å². The number of rotatable bonds is 7. The molecular weight excluding hydrogens is 406 g/mol. The van der Waals surface area contributed by atoms with Crippen molar-refractivity contribution in [2.24, 2.45) is 0 Å². The average Bonchev–Trinajstić information content (AvgIpc) is 3.24. The molecule has 1 aromatic heterocycles. The Hall–Kier alpha value is -2.13. The Bertz CT molecular complexity index is 911. The third-order valence-corrected chi connectivity index (χ3v) is 6.56. The zero-order chi connectivity index (χ0) is 20.1. The minimum atomic E-state index is -0.975. The van der Waals surface area contributed by atoms with Crippen molar-refractivity contribution < 1.29 is 14.0 Å². The van der Waals surface area contributed by atoms with Crippen LogP contribution in [0.2, 0.25) is 0 Å². The van der Waals surface area contributed by atoms with Gasteiger partial charge in [-0.3, -0.25) is 0 Å². The monoisotopic (exact) mass is 429 g/mol. The Balaban J connectivity index is 1.56.